The van der Waals surface area contributed by atoms with Gasteiger partial charge in [-0.2, -0.15) is 0 Å². The van der Waals surface area contributed by atoms with E-state index in [9.17, 15) is 14.3 Å². The highest BCUT2D eigenvalue weighted by molar-refractivity contribution is 7.59. The third kappa shape index (κ3) is 3.30. The van der Waals surface area contributed by atoms with Crippen LogP contribution in [0.15, 0.2) is 0 Å². The van der Waals surface area contributed by atoms with E-state index in [1.807, 2.05) is 13.8 Å². The Morgan fingerprint density at radius 2 is 2.06 bits per heavy atom. The first kappa shape index (κ1) is 14.7. The number of carboxylic acid groups (broad SMARTS) is 1. The Kier molecular flexibility index (Phi) is 4.76. The summed E-state index contributed by atoms with van der Waals surface area (Å²) < 4.78 is 12.3. The standard InChI is InChI=1S/C11H22NO4P/c1-7(2)6-10(12)17(15,16)9-5-3-4-8(9)11(13)14/h7-10H,3-6,12H2,1-2H3,(H,13,14)(H,15,16)/t8-,9+,10+/m0/s1. The van der Waals surface area contributed by atoms with Crippen LogP contribution in [0.3, 0.4) is 0 Å². The summed E-state index contributed by atoms with van der Waals surface area (Å²) in [6, 6.07) is 0. The molecule has 17 heavy (non-hydrogen) atoms. The second-order valence-electron chi connectivity index (χ2n) is 5.31. The minimum absolute atomic E-state index is 0.232. The summed E-state index contributed by atoms with van der Waals surface area (Å²) in [5.74, 6) is -2.25. The van der Waals surface area contributed by atoms with Crippen LogP contribution in [0.1, 0.15) is 39.5 Å². The second-order valence-corrected chi connectivity index (χ2v) is 7.98. The molecule has 0 saturated heterocycles. The fraction of sp³-hybridized carbons (Fsp3) is 0.909. The average Bonchev–Trinajstić information content (AvgIpc) is 2.64. The van der Waals surface area contributed by atoms with E-state index in [4.69, 9.17) is 10.8 Å². The fourth-order valence-electron chi connectivity index (χ4n) is 2.55. The smallest absolute Gasteiger partial charge is 0.307 e. The zero-order chi connectivity index (χ0) is 13.2. The van der Waals surface area contributed by atoms with Crippen LogP contribution in [-0.2, 0) is 9.36 Å². The molecule has 6 heteroatoms. The predicted molar refractivity (Wildman–Crippen MR) is 66.0 cm³/mol. The summed E-state index contributed by atoms with van der Waals surface area (Å²) in [5, 5.41) is 9.04. The van der Waals surface area contributed by atoms with Crippen LogP contribution in [0.5, 0.6) is 0 Å². The number of hydrogen-bond donors (Lipinski definition) is 3. The Labute approximate surface area is 102 Å². The molecule has 1 rings (SSSR count). The molecule has 1 fully saturated rings. The zero-order valence-electron chi connectivity index (χ0n) is 10.4. The van der Waals surface area contributed by atoms with Crippen molar-refractivity contribution >= 4 is 13.3 Å². The van der Waals surface area contributed by atoms with Crippen molar-refractivity contribution in [3.05, 3.63) is 0 Å². The van der Waals surface area contributed by atoms with Gasteiger partial charge in [0.25, 0.3) is 0 Å². The van der Waals surface area contributed by atoms with E-state index in [1.165, 1.54) is 0 Å². The summed E-state index contributed by atoms with van der Waals surface area (Å²) in [6.45, 7) is 3.87. The van der Waals surface area contributed by atoms with E-state index >= 15 is 0 Å². The monoisotopic (exact) mass is 263 g/mol. The van der Waals surface area contributed by atoms with Crippen LogP contribution in [0, 0.1) is 11.8 Å². The van der Waals surface area contributed by atoms with Gasteiger partial charge in [0.2, 0.25) is 7.37 Å². The van der Waals surface area contributed by atoms with Crippen molar-refractivity contribution in [2.75, 3.05) is 0 Å². The maximum Gasteiger partial charge on any atom is 0.307 e. The van der Waals surface area contributed by atoms with Crippen molar-refractivity contribution in [3.8, 4) is 0 Å². The number of aliphatic carboxylic acids is 1. The van der Waals surface area contributed by atoms with Crippen LogP contribution in [0.4, 0.5) is 0 Å². The molecule has 0 aromatic heterocycles. The van der Waals surface area contributed by atoms with E-state index in [-0.39, 0.29) is 5.92 Å². The van der Waals surface area contributed by atoms with Crippen LogP contribution in [0.2, 0.25) is 0 Å². The van der Waals surface area contributed by atoms with Crippen LogP contribution >= 0.6 is 7.37 Å². The van der Waals surface area contributed by atoms with E-state index < -0.39 is 30.7 Å². The maximum atomic E-state index is 12.3. The zero-order valence-corrected chi connectivity index (χ0v) is 11.3. The first-order valence-electron chi connectivity index (χ1n) is 6.07. The van der Waals surface area contributed by atoms with Crippen molar-refractivity contribution in [3.63, 3.8) is 0 Å². The molecule has 0 aromatic carbocycles. The predicted octanol–water partition coefficient (Wildman–Crippen LogP) is 1.84. The second kappa shape index (κ2) is 5.51. The normalized spacial score (nSPS) is 30.2. The Morgan fingerprint density at radius 3 is 2.53 bits per heavy atom. The average molecular weight is 263 g/mol. The summed E-state index contributed by atoms with van der Waals surface area (Å²) in [5.41, 5.74) is 5.13. The van der Waals surface area contributed by atoms with Crippen LogP contribution in [-0.4, -0.2) is 27.4 Å². The Bertz CT molecular complexity index is 331. The van der Waals surface area contributed by atoms with Gasteiger partial charge >= 0.3 is 5.97 Å². The summed E-state index contributed by atoms with van der Waals surface area (Å²) in [7, 11) is -3.60. The molecule has 0 amide bonds. The molecule has 0 spiro atoms. The molecule has 1 saturated carbocycles. The molecule has 4 atom stereocenters. The lowest BCUT2D eigenvalue weighted by Crippen LogP contribution is -2.32. The number of carboxylic acids is 1. The van der Waals surface area contributed by atoms with E-state index in [2.05, 4.69) is 0 Å². The minimum atomic E-state index is -3.60. The molecule has 1 aliphatic carbocycles. The van der Waals surface area contributed by atoms with Gasteiger partial charge in [0.15, 0.2) is 0 Å². The number of nitrogens with two attached hydrogens (primary N) is 1. The summed E-state index contributed by atoms with van der Waals surface area (Å²) in [4.78, 5) is 21.1. The van der Waals surface area contributed by atoms with Gasteiger partial charge in [0.1, 0.15) is 0 Å². The minimum Gasteiger partial charge on any atom is -0.481 e. The van der Waals surface area contributed by atoms with E-state index in [0.717, 1.165) is 0 Å². The summed E-state index contributed by atoms with van der Waals surface area (Å²) >= 11 is 0. The Hall–Kier alpha value is -0.380. The molecule has 0 aromatic rings. The molecule has 5 nitrogen and oxygen atoms in total. The molecule has 0 bridgehead atoms. The van der Waals surface area contributed by atoms with Gasteiger partial charge in [-0.25, -0.2) is 0 Å². The van der Waals surface area contributed by atoms with E-state index in [1.54, 1.807) is 0 Å². The summed E-state index contributed by atoms with van der Waals surface area (Å²) in [6.07, 6.45) is 2.13. The molecule has 0 aliphatic heterocycles. The van der Waals surface area contributed by atoms with Crippen molar-refractivity contribution in [2.45, 2.75) is 51.0 Å². The Morgan fingerprint density at radius 1 is 1.47 bits per heavy atom. The fourth-order valence-corrected chi connectivity index (χ4v) is 5.11. The maximum absolute atomic E-state index is 12.3. The van der Waals surface area contributed by atoms with Gasteiger partial charge in [-0.05, 0) is 25.2 Å². The molecule has 0 radical (unpaired) electrons. The lowest BCUT2D eigenvalue weighted by atomic mass is 10.1. The van der Waals surface area contributed by atoms with Crippen molar-refractivity contribution in [1.29, 1.82) is 0 Å². The van der Waals surface area contributed by atoms with Gasteiger partial charge in [0, 0.05) is 0 Å². The van der Waals surface area contributed by atoms with Crippen molar-refractivity contribution in [2.24, 2.45) is 17.6 Å². The van der Waals surface area contributed by atoms with Crippen LogP contribution < -0.4 is 5.73 Å². The highest BCUT2D eigenvalue weighted by atomic mass is 31.2. The van der Waals surface area contributed by atoms with Gasteiger partial charge in [-0.1, -0.05) is 20.3 Å². The number of hydrogen-bond acceptors (Lipinski definition) is 3. The van der Waals surface area contributed by atoms with Gasteiger partial charge in [-0.3, -0.25) is 9.36 Å². The topological polar surface area (TPSA) is 101 Å². The molecular weight excluding hydrogens is 241 g/mol. The highest BCUT2D eigenvalue weighted by Gasteiger charge is 2.47. The molecule has 100 valence electrons. The van der Waals surface area contributed by atoms with Crippen LogP contribution in [0.25, 0.3) is 0 Å². The first-order valence-corrected chi connectivity index (χ1v) is 7.87. The largest absolute Gasteiger partial charge is 0.481 e. The third-order valence-electron chi connectivity index (χ3n) is 3.46. The molecular formula is C11H22NO4P. The quantitative estimate of drug-likeness (QED) is 0.657. The molecule has 1 unspecified atom stereocenters. The Balaban J connectivity index is 2.81. The van der Waals surface area contributed by atoms with Crippen molar-refractivity contribution < 1.29 is 19.4 Å². The van der Waals surface area contributed by atoms with Crippen molar-refractivity contribution in [1.82, 2.24) is 0 Å². The third-order valence-corrected chi connectivity index (χ3v) is 6.19. The van der Waals surface area contributed by atoms with Gasteiger partial charge in [0.05, 0.1) is 17.4 Å². The van der Waals surface area contributed by atoms with E-state index in [0.29, 0.717) is 25.7 Å². The lowest BCUT2D eigenvalue weighted by Gasteiger charge is -2.28. The lowest BCUT2D eigenvalue weighted by molar-refractivity contribution is -0.141. The molecule has 1 aliphatic rings. The van der Waals surface area contributed by atoms with Gasteiger partial charge in [-0.15, -0.1) is 0 Å². The number of rotatable bonds is 5. The van der Waals surface area contributed by atoms with Gasteiger partial charge < -0.3 is 15.7 Å². The molecule has 4 N–H and O–H groups in total. The molecule has 0 heterocycles. The number of carbonyl (C=O) groups is 1. The highest BCUT2D eigenvalue weighted by Crippen LogP contribution is 2.58. The first-order chi connectivity index (χ1) is 7.76. The SMILES string of the molecule is CC(C)C[C@H](N)P(=O)(O)[C@@H]1CCC[C@@H]1C(=O)O.